The number of amides is 1. The van der Waals surface area contributed by atoms with Gasteiger partial charge in [0.25, 0.3) is 0 Å². The van der Waals surface area contributed by atoms with Gasteiger partial charge in [0.05, 0.1) is 5.56 Å². The Hall–Kier alpha value is -2.76. The van der Waals surface area contributed by atoms with Gasteiger partial charge in [-0.15, -0.1) is 0 Å². The number of aromatic nitrogens is 1. The van der Waals surface area contributed by atoms with E-state index in [0.29, 0.717) is 36.5 Å². The van der Waals surface area contributed by atoms with Crippen LogP contribution >= 0.6 is 0 Å². The maximum Gasteiger partial charge on any atom is 0.207 e. The molecule has 2 aromatic rings. The molecule has 6 nitrogen and oxygen atoms in total. The number of hydrogen-bond acceptors (Lipinski definition) is 5. The largest absolute Gasteiger partial charge is 0.489 e. The summed E-state index contributed by atoms with van der Waals surface area (Å²) in [7, 11) is 1.79. The first-order chi connectivity index (χ1) is 11.3. The Morgan fingerprint density at radius 2 is 2.35 bits per heavy atom. The van der Waals surface area contributed by atoms with Gasteiger partial charge in [0.1, 0.15) is 29.2 Å². The zero-order valence-electron chi connectivity index (χ0n) is 12.7. The average Bonchev–Trinajstić information content (AvgIpc) is 3.26. The maximum absolute atomic E-state index is 10.6. The number of nitrogens with zero attached hydrogens (tertiary/aromatic N) is 1. The van der Waals surface area contributed by atoms with Gasteiger partial charge in [-0.1, -0.05) is 0 Å². The third-order valence-electron chi connectivity index (χ3n) is 4.23. The number of pyridine rings is 1. The number of carbonyl (C=O) groups excluding carboxylic acids is 1. The predicted octanol–water partition coefficient (Wildman–Crippen LogP) is 2.41. The molecule has 2 heterocycles. The zero-order chi connectivity index (χ0) is 15.8. The van der Waals surface area contributed by atoms with Crippen molar-refractivity contribution in [1.82, 2.24) is 10.3 Å². The normalized spacial score (nSPS) is 20.0. The highest BCUT2D eigenvalue weighted by molar-refractivity contribution is 5.56. The van der Waals surface area contributed by atoms with Crippen molar-refractivity contribution in [2.75, 3.05) is 12.4 Å². The summed E-state index contributed by atoms with van der Waals surface area (Å²) in [6, 6.07) is 7.70. The summed E-state index contributed by atoms with van der Waals surface area (Å²) in [6.45, 7) is 0.349. The van der Waals surface area contributed by atoms with Crippen molar-refractivity contribution in [2.24, 2.45) is 0 Å². The lowest BCUT2D eigenvalue weighted by Gasteiger charge is -2.14. The maximum atomic E-state index is 10.6. The monoisotopic (exact) mass is 311 g/mol. The van der Waals surface area contributed by atoms with Crippen LogP contribution in [0.1, 0.15) is 23.5 Å². The number of carbonyl (C=O) groups is 1. The smallest absolute Gasteiger partial charge is 0.207 e. The van der Waals surface area contributed by atoms with Gasteiger partial charge in [-0.2, -0.15) is 0 Å². The summed E-state index contributed by atoms with van der Waals surface area (Å²) in [5.74, 6) is 3.61. The minimum atomic E-state index is 0.349. The van der Waals surface area contributed by atoms with Gasteiger partial charge >= 0.3 is 0 Å². The summed E-state index contributed by atoms with van der Waals surface area (Å²) in [6.07, 6.45) is 3.81. The molecule has 0 spiro atoms. The molecule has 0 bridgehead atoms. The van der Waals surface area contributed by atoms with E-state index in [1.165, 1.54) is 5.56 Å². The van der Waals surface area contributed by atoms with Crippen molar-refractivity contribution in [3.8, 4) is 17.2 Å². The Morgan fingerprint density at radius 3 is 3.17 bits per heavy atom. The standard InChI is InChI=1S/C17H17N3O3/c1-18-17-13(8-19-9-21)15(4-5-20-17)22-10-2-3-14-11(6-10)12-7-16(12)23-14/h2-6,9,12,16H,7-8H2,1H3,(H,18,20)(H,19,21). The van der Waals surface area contributed by atoms with E-state index in [2.05, 4.69) is 15.6 Å². The Morgan fingerprint density at radius 1 is 1.43 bits per heavy atom. The van der Waals surface area contributed by atoms with Gasteiger partial charge in [0.15, 0.2) is 0 Å². The fourth-order valence-electron chi connectivity index (χ4n) is 3.01. The molecule has 1 aliphatic heterocycles. The van der Waals surface area contributed by atoms with E-state index < -0.39 is 0 Å². The van der Waals surface area contributed by atoms with Crippen LogP contribution in [-0.4, -0.2) is 24.5 Å². The number of ether oxygens (including phenoxy) is 2. The second kappa shape index (κ2) is 5.46. The van der Waals surface area contributed by atoms with Crippen LogP contribution in [0.25, 0.3) is 0 Å². The molecule has 2 N–H and O–H groups in total. The number of fused-ring (bicyclic) bond motifs is 3. The van der Waals surface area contributed by atoms with Crippen molar-refractivity contribution in [1.29, 1.82) is 0 Å². The third kappa shape index (κ3) is 2.46. The van der Waals surface area contributed by atoms with Gasteiger partial charge in [0.2, 0.25) is 6.41 Å². The van der Waals surface area contributed by atoms with Crippen molar-refractivity contribution >= 4 is 12.2 Å². The van der Waals surface area contributed by atoms with E-state index in [1.807, 2.05) is 18.2 Å². The highest BCUT2D eigenvalue weighted by Gasteiger charge is 2.48. The molecular weight excluding hydrogens is 294 g/mol. The van der Waals surface area contributed by atoms with Gasteiger partial charge in [-0.3, -0.25) is 4.79 Å². The molecule has 23 heavy (non-hydrogen) atoms. The summed E-state index contributed by atoms with van der Waals surface area (Å²) in [5.41, 5.74) is 2.03. The molecule has 4 rings (SSSR count). The summed E-state index contributed by atoms with van der Waals surface area (Å²) in [4.78, 5) is 14.9. The molecule has 1 fully saturated rings. The minimum Gasteiger partial charge on any atom is -0.489 e. The van der Waals surface area contributed by atoms with Gasteiger partial charge in [0, 0.05) is 31.3 Å². The topological polar surface area (TPSA) is 72.5 Å². The SMILES string of the molecule is CNc1nccc(Oc2ccc3c(c2)C2CC2O3)c1CNC=O. The zero-order valence-corrected chi connectivity index (χ0v) is 12.7. The van der Waals surface area contributed by atoms with E-state index in [4.69, 9.17) is 9.47 Å². The second-order valence-corrected chi connectivity index (χ2v) is 5.69. The van der Waals surface area contributed by atoms with Crippen molar-refractivity contribution < 1.29 is 14.3 Å². The van der Waals surface area contributed by atoms with Crippen molar-refractivity contribution in [2.45, 2.75) is 25.0 Å². The molecule has 1 aromatic carbocycles. The van der Waals surface area contributed by atoms with Crippen LogP contribution < -0.4 is 20.1 Å². The van der Waals surface area contributed by atoms with Crippen LogP contribution in [0.5, 0.6) is 17.2 Å². The minimum absolute atomic E-state index is 0.349. The molecule has 0 saturated heterocycles. The van der Waals surface area contributed by atoms with Crippen LogP contribution in [-0.2, 0) is 11.3 Å². The average molecular weight is 311 g/mol. The molecule has 2 unspecified atom stereocenters. The van der Waals surface area contributed by atoms with Gasteiger partial charge < -0.3 is 20.1 Å². The molecule has 2 aliphatic rings. The van der Waals surface area contributed by atoms with Crippen LogP contribution in [0, 0.1) is 0 Å². The van der Waals surface area contributed by atoms with E-state index in [9.17, 15) is 4.79 Å². The Kier molecular flexibility index (Phi) is 3.29. The fraction of sp³-hybridized carbons (Fsp3) is 0.294. The highest BCUT2D eigenvalue weighted by atomic mass is 16.5. The van der Waals surface area contributed by atoms with E-state index in [1.54, 1.807) is 19.3 Å². The lowest BCUT2D eigenvalue weighted by Crippen LogP contribution is -2.13. The Labute approximate surface area is 133 Å². The number of rotatable bonds is 6. The molecule has 1 amide bonds. The second-order valence-electron chi connectivity index (χ2n) is 5.69. The first-order valence-electron chi connectivity index (χ1n) is 7.61. The number of anilines is 1. The molecule has 1 aromatic heterocycles. The van der Waals surface area contributed by atoms with Crippen molar-refractivity contribution in [3.05, 3.63) is 41.6 Å². The number of benzene rings is 1. The third-order valence-corrected chi connectivity index (χ3v) is 4.23. The number of hydrogen-bond donors (Lipinski definition) is 2. The molecular formula is C17H17N3O3. The number of nitrogens with one attached hydrogen (secondary N) is 2. The van der Waals surface area contributed by atoms with Crippen molar-refractivity contribution in [3.63, 3.8) is 0 Å². The molecule has 0 radical (unpaired) electrons. The summed E-state index contributed by atoms with van der Waals surface area (Å²) < 4.78 is 11.8. The lowest BCUT2D eigenvalue weighted by atomic mass is 10.1. The van der Waals surface area contributed by atoms with E-state index >= 15 is 0 Å². The summed E-state index contributed by atoms with van der Waals surface area (Å²) >= 11 is 0. The Balaban J connectivity index is 1.63. The molecule has 1 saturated carbocycles. The van der Waals surface area contributed by atoms with Crippen LogP contribution in [0.4, 0.5) is 5.82 Å². The van der Waals surface area contributed by atoms with Crippen LogP contribution in [0.15, 0.2) is 30.5 Å². The van der Waals surface area contributed by atoms with E-state index in [-0.39, 0.29) is 0 Å². The van der Waals surface area contributed by atoms with Gasteiger partial charge in [-0.25, -0.2) is 4.98 Å². The molecule has 118 valence electrons. The first-order valence-corrected chi connectivity index (χ1v) is 7.61. The van der Waals surface area contributed by atoms with Gasteiger partial charge in [-0.05, 0) is 30.7 Å². The highest BCUT2D eigenvalue weighted by Crippen LogP contribution is 2.54. The van der Waals surface area contributed by atoms with Crippen LogP contribution in [0.2, 0.25) is 0 Å². The molecule has 1 aliphatic carbocycles. The molecule has 6 heteroatoms. The summed E-state index contributed by atoms with van der Waals surface area (Å²) in [5, 5.41) is 5.68. The quantitative estimate of drug-likeness (QED) is 0.802. The lowest BCUT2D eigenvalue weighted by molar-refractivity contribution is -0.109. The predicted molar refractivity (Wildman–Crippen MR) is 85.0 cm³/mol. The van der Waals surface area contributed by atoms with E-state index in [0.717, 1.165) is 23.5 Å². The van der Waals surface area contributed by atoms with Crippen LogP contribution in [0.3, 0.4) is 0 Å². The fourth-order valence-corrected chi connectivity index (χ4v) is 3.01. The molecule has 2 atom stereocenters. The Bertz CT molecular complexity index is 763. The first kappa shape index (κ1) is 13.9.